The molecule has 2 rings (SSSR count). The number of furan rings is 1. The Morgan fingerprint density at radius 3 is 2.79 bits per heavy atom. The quantitative estimate of drug-likeness (QED) is 0.819. The van der Waals surface area contributed by atoms with E-state index in [1.807, 2.05) is 0 Å². The molecule has 0 saturated heterocycles. The Hall–Kier alpha value is -0.810. The van der Waals surface area contributed by atoms with Gasteiger partial charge >= 0.3 is 0 Å². The molecule has 1 aromatic carbocycles. The van der Waals surface area contributed by atoms with Gasteiger partial charge in [-0.15, -0.1) is 0 Å². The van der Waals surface area contributed by atoms with E-state index in [2.05, 4.69) is 31.9 Å². The first-order valence-corrected chi connectivity index (χ1v) is 5.27. The number of hydrogen-bond acceptors (Lipinski definition) is 3. The smallest absolute Gasteiger partial charge is 0.153 e. The molecular formula is C9H4Br2O3. The van der Waals surface area contributed by atoms with Gasteiger partial charge in [-0.2, -0.15) is 0 Å². The van der Waals surface area contributed by atoms with Crippen molar-refractivity contribution < 1.29 is 14.3 Å². The fraction of sp³-hybridized carbons (Fsp3) is 0. The van der Waals surface area contributed by atoms with Crippen molar-refractivity contribution in [2.75, 3.05) is 0 Å². The average molecular weight is 320 g/mol. The number of rotatable bonds is 1. The van der Waals surface area contributed by atoms with Crippen LogP contribution >= 0.6 is 31.9 Å². The van der Waals surface area contributed by atoms with Crippen molar-refractivity contribution in [3.05, 3.63) is 26.8 Å². The molecule has 72 valence electrons. The fourth-order valence-electron chi connectivity index (χ4n) is 1.22. The van der Waals surface area contributed by atoms with Crippen LogP contribution in [0.5, 0.6) is 5.75 Å². The molecule has 14 heavy (non-hydrogen) atoms. The predicted molar refractivity (Wildman–Crippen MR) is 58.7 cm³/mol. The molecule has 0 amide bonds. The summed E-state index contributed by atoms with van der Waals surface area (Å²) >= 11 is 6.37. The van der Waals surface area contributed by atoms with E-state index in [4.69, 9.17) is 4.42 Å². The van der Waals surface area contributed by atoms with Crippen LogP contribution in [0.25, 0.3) is 11.0 Å². The van der Waals surface area contributed by atoms with Crippen molar-refractivity contribution in [2.45, 2.75) is 0 Å². The predicted octanol–water partition coefficient (Wildman–Crippen LogP) is 3.48. The second kappa shape index (κ2) is 3.40. The second-order valence-corrected chi connectivity index (χ2v) is 4.35. The molecule has 0 spiro atoms. The molecular weight excluding hydrogens is 316 g/mol. The normalized spacial score (nSPS) is 10.7. The molecule has 0 aliphatic rings. The first kappa shape index (κ1) is 9.73. The van der Waals surface area contributed by atoms with E-state index in [-0.39, 0.29) is 5.75 Å². The van der Waals surface area contributed by atoms with Gasteiger partial charge in [-0.05, 0) is 37.9 Å². The molecule has 0 atom stereocenters. The molecule has 0 unspecified atom stereocenters. The van der Waals surface area contributed by atoms with Gasteiger partial charge in [0.15, 0.2) is 6.29 Å². The summed E-state index contributed by atoms with van der Waals surface area (Å²) in [5.74, 6) is 0.0574. The molecule has 0 fully saturated rings. The van der Waals surface area contributed by atoms with Gasteiger partial charge in [0.05, 0.1) is 14.5 Å². The summed E-state index contributed by atoms with van der Waals surface area (Å²) in [4.78, 5) is 10.7. The maximum absolute atomic E-state index is 10.7. The summed E-state index contributed by atoms with van der Waals surface area (Å²) in [6.07, 6.45) is 2.04. The maximum Gasteiger partial charge on any atom is 0.153 e. The third kappa shape index (κ3) is 1.27. The maximum atomic E-state index is 10.7. The van der Waals surface area contributed by atoms with Crippen molar-refractivity contribution >= 4 is 49.1 Å². The van der Waals surface area contributed by atoms with Crippen LogP contribution in [-0.4, -0.2) is 11.4 Å². The average Bonchev–Trinajstić information content (AvgIpc) is 2.57. The highest BCUT2D eigenvalue weighted by molar-refractivity contribution is 9.11. The topological polar surface area (TPSA) is 50.4 Å². The minimum Gasteiger partial charge on any atom is -0.506 e. The lowest BCUT2D eigenvalue weighted by molar-refractivity contribution is 0.112. The van der Waals surface area contributed by atoms with Crippen LogP contribution in [0.2, 0.25) is 0 Å². The van der Waals surface area contributed by atoms with E-state index in [0.29, 0.717) is 31.8 Å². The molecule has 5 heteroatoms. The lowest BCUT2D eigenvalue weighted by atomic mass is 10.2. The first-order chi connectivity index (χ1) is 6.65. The highest BCUT2D eigenvalue weighted by Crippen LogP contribution is 2.40. The first-order valence-electron chi connectivity index (χ1n) is 3.68. The molecule has 3 nitrogen and oxygen atoms in total. The Kier molecular flexibility index (Phi) is 2.36. The second-order valence-electron chi connectivity index (χ2n) is 2.70. The van der Waals surface area contributed by atoms with Gasteiger partial charge in [-0.25, -0.2) is 0 Å². The Bertz CT molecular complexity index is 516. The van der Waals surface area contributed by atoms with Gasteiger partial charge in [0, 0.05) is 5.39 Å². The Balaban J connectivity index is 2.95. The van der Waals surface area contributed by atoms with Crippen LogP contribution in [0, 0.1) is 0 Å². The number of phenols is 1. The summed E-state index contributed by atoms with van der Waals surface area (Å²) < 4.78 is 6.13. The number of fused-ring (bicyclic) bond motifs is 1. The van der Waals surface area contributed by atoms with Gasteiger partial charge in [-0.3, -0.25) is 4.79 Å². The Morgan fingerprint density at radius 1 is 1.43 bits per heavy atom. The Labute approximate surface area is 96.0 Å². The summed E-state index contributed by atoms with van der Waals surface area (Å²) in [5, 5.41) is 10.2. The SMILES string of the molecule is O=Cc1coc2cc(Br)c(O)c(Br)c12. The van der Waals surface area contributed by atoms with Crippen LogP contribution in [0.15, 0.2) is 25.7 Å². The minimum atomic E-state index is 0.0574. The summed E-state index contributed by atoms with van der Waals surface area (Å²) in [5.41, 5.74) is 0.957. The molecule has 1 aromatic heterocycles. The molecule has 1 N–H and O–H groups in total. The molecule has 0 saturated carbocycles. The number of hydrogen-bond donors (Lipinski definition) is 1. The van der Waals surface area contributed by atoms with Crippen LogP contribution < -0.4 is 0 Å². The van der Waals surface area contributed by atoms with Gasteiger partial charge in [0.1, 0.15) is 17.6 Å². The number of phenolic OH excluding ortho intramolecular Hbond substituents is 1. The van der Waals surface area contributed by atoms with Gasteiger partial charge in [-0.1, -0.05) is 0 Å². The van der Waals surface area contributed by atoms with Crippen molar-refractivity contribution in [1.82, 2.24) is 0 Å². The molecule has 0 bridgehead atoms. The highest BCUT2D eigenvalue weighted by Gasteiger charge is 2.14. The number of aromatic hydroxyl groups is 1. The fourth-order valence-corrected chi connectivity index (χ4v) is 2.53. The molecule has 2 aromatic rings. The van der Waals surface area contributed by atoms with Gasteiger partial charge in [0.2, 0.25) is 0 Å². The number of benzene rings is 1. The zero-order valence-electron chi connectivity index (χ0n) is 6.75. The zero-order chi connectivity index (χ0) is 10.3. The minimum absolute atomic E-state index is 0.0574. The number of aldehydes is 1. The molecule has 0 radical (unpaired) electrons. The number of carbonyl (C=O) groups is 1. The van der Waals surface area contributed by atoms with E-state index < -0.39 is 0 Å². The van der Waals surface area contributed by atoms with Crippen LogP contribution in [0.3, 0.4) is 0 Å². The monoisotopic (exact) mass is 318 g/mol. The zero-order valence-corrected chi connectivity index (χ0v) is 9.92. The van der Waals surface area contributed by atoms with Gasteiger partial charge in [0.25, 0.3) is 0 Å². The highest BCUT2D eigenvalue weighted by atomic mass is 79.9. The van der Waals surface area contributed by atoms with E-state index in [0.717, 1.165) is 0 Å². The lowest BCUT2D eigenvalue weighted by Gasteiger charge is -2.00. The third-order valence-electron chi connectivity index (χ3n) is 1.89. The van der Waals surface area contributed by atoms with Gasteiger partial charge < -0.3 is 9.52 Å². The van der Waals surface area contributed by atoms with Crippen LogP contribution in [0.4, 0.5) is 0 Å². The summed E-state index contributed by atoms with van der Waals surface area (Å²) in [7, 11) is 0. The summed E-state index contributed by atoms with van der Waals surface area (Å²) in [6.45, 7) is 0. The molecule has 0 aliphatic carbocycles. The molecule has 1 heterocycles. The van der Waals surface area contributed by atoms with Crippen molar-refractivity contribution in [3.63, 3.8) is 0 Å². The Morgan fingerprint density at radius 2 is 2.14 bits per heavy atom. The lowest BCUT2D eigenvalue weighted by Crippen LogP contribution is -1.79. The van der Waals surface area contributed by atoms with E-state index in [1.54, 1.807) is 6.07 Å². The van der Waals surface area contributed by atoms with Crippen LogP contribution in [0.1, 0.15) is 10.4 Å². The summed E-state index contributed by atoms with van der Waals surface area (Å²) in [6, 6.07) is 1.61. The number of halogens is 2. The van der Waals surface area contributed by atoms with E-state index in [9.17, 15) is 9.90 Å². The standard InChI is InChI=1S/C9H4Br2O3/c10-5-1-6-7(8(11)9(5)13)4(2-12)3-14-6/h1-3,13H. The van der Waals surface area contributed by atoms with Crippen molar-refractivity contribution in [2.24, 2.45) is 0 Å². The van der Waals surface area contributed by atoms with Crippen molar-refractivity contribution in [3.8, 4) is 5.75 Å². The molecule has 0 aliphatic heterocycles. The van der Waals surface area contributed by atoms with E-state index >= 15 is 0 Å². The largest absolute Gasteiger partial charge is 0.506 e. The third-order valence-corrected chi connectivity index (χ3v) is 3.26. The van der Waals surface area contributed by atoms with Crippen LogP contribution in [-0.2, 0) is 0 Å². The van der Waals surface area contributed by atoms with E-state index in [1.165, 1.54) is 6.26 Å². The van der Waals surface area contributed by atoms with Crippen molar-refractivity contribution in [1.29, 1.82) is 0 Å². The number of carbonyl (C=O) groups excluding carboxylic acids is 1.